The minimum atomic E-state index is -0.231. The number of aromatic nitrogens is 3. The fourth-order valence-corrected chi connectivity index (χ4v) is 2.79. The zero-order chi connectivity index (χ0) is 19.2. The molecule has 0 aliphatic rings. The molecule has 3 aromatic rings. The van der Waals surface area contributed by atoms with Crippen LogP contribution in [0.25, 0.3) is 5.82 Å². The maximum absolute atomic E-state index is 13.0. The summed E-state index contributed by atoms with van der Waals surface area (Å²) in [7, 11) is 3.69. The Labute approximate surface area is 158 Å². The molecule has 7 heteroatoms. The summed E-state index contributed by atoms with van der Waals surface area (Å²) in [5, 5.41) is 3.33. The fourth-order valence-electron chi connectivity index (χ4n) is 2.79. The average Bonchev–Trinajstić information content (AvgIpc) is 3.10. The van der Waals surface area contributed by atoms with Crippen molar-refractivity contribution in [2.75, 3.05) is 14.1 Å². The number of halogens is 1. The van der Waals surface area contributed by atoms with Gasteiger partial charge in [0.2, 0.25) is 0 Å². The SMILES string of the molecule is CN=C(NCc1ccc(-n2ccnc2C)nc1)N(C)Cc1ccc(F)cc1. The van der Waals surface area contributed by atoms with E-state index in [4.69, 9.17) is 0 Å². The molecule has 0 radical (unpaired) electrons. The number of hydrogen-bond donors (Lipinski definition) is 1. The van der Waals surface area contributed by atoms with E-state index < -0.39 is 0 Å². The summed E-state index contributed by atoms with van der Waals surface area (Å²) < 4.78 is 15.0. The highest BCUT2D eigenvalue weighted by Gasteiger charge is 2.08. The van der Waals surface area contributed by atoms with Crippen LogP contribution in [-0.2, 0) is 13.1 Å². The molecule has 0 saturated heterocycles. The third-order valence-electron chi connectivity index (χ3n) is 4.24. The van der Waals surface area contributed by atoms with Crippen LogP contribution in [0.15, 0.2) is 60.0 Å². The zero-order valence-corrected chi connectivity index (χ0v) is 15.7. The summed E-state index contributed by atoms with van der Waals surface area (Å²) in [5.74, 6) is 2.27. The van der Waals surface area contributed by atoms with Gasteiger partial charge in [0.25, 0.3) is 0 Å². The van der Waals surface area contributed by atoms with Gasteiger partial charge in [0.15, 0.2) is 5.96 Å². The molecule has 6 nitrogen and oxygen atoms in total. The zero-order valence-electron chi connectivity index (χ0n) is 15.7. The molecular formula is C20H23FN6. The lowest BCUT2D eigenvalue weighted by Crippen LogP contribution is -2.38. The largest absolute Gasteiger partial charge is 0.352 e. The van der Waals surface area contributed by atoms with Crippen LogP contribution in [0.1, 0.15) is 17.0 Å². The molecule has 2 heterocycles. The van der Waals surface area contributed by atoms with E-state index in [1.54, 1.807) is 25.4 Å². The van der Waals surface area contributed by atoms with Crippen molar-refractivity contribution in [1.82, 2.24) is 24.8 Å². The van der Waals surface area contributed by atoms with E-state index in [-0.39, 0.29) is 5.82 Å². The number of aliphatic imine (C=N–C) groups is 1. The van der Waals surface area contributed by atoms with Crippen molar-refractivity contribution in [3.63, 3.8) is 0 Å². The predicted molar refractivity (Wildman–Crippen MR) is 104 cm³/mol. The first-order chi connectivity index (χ1) is 13.1. The van der Waals surface area contributed by atoms with Crippen molar-refractivity contribution >= 4 is 5.96 Å². The number of nitrogens with one attached hydrogen (secondary N) is 1. The molecule has 0 amide bonds. The van der Waals surface area contributed by atoms with Gasteiger partial charge in [-0.25, -0.2) is 14.4 Å². The van der Waals surface area contributed by atoms with Crippen LogP contribution < -0.4 is 5.32 Å². The highest BCUT2D eigenvalue weighted by Crippen LogP contribution is 2.09. The average molecular weight is 366 g/mol. The molecular weight excluding hydrogens is 343 g/mol. The van der Waals surface area contributed by atoms with Crippen LogP contribution in [-0.4, -0.2) is 39.5 Å². The number of nitrogens with zero attached hydrogens (tertiary/aromatic N) is 5. The molecule has 0 aliphatic heterocycles. The highest BCUT2D eigenvalue weighted by molar-refractivity contribution is 5.79. The monoisotopic (exact) mass is 366 g/mol. The summed E-state index contributed by atoms with van der Waals surface area (Å²) in [6.07, 6.45) is 5.49. The number of hydrogen-bond acceptors (Lipinski definition) is 3. The molecule has 1 aromatic carbocycles. The fraction of sp³-hybridized carbons (Fsp3) is 0.250. The van der Waals surface area contributed by atoms with Crippen LogP contribution in [0, 0.1) is 12.7 Å². The second-order valence-electron chi connectivity index (χ2n) is 6.25. The van der Waals surface area contributed by atoms with Crippen LogP contribution in [0.5, 0.6) is 0 Å². The second-order valence-corrected chi connectivity index (χ2v) is 6.25. The highest BCUT2D eigenvalue weighted by atomic mass is 19.1. The molecule has 0 unspecified atom stereocenters. The number of benzene rings is 1. The van der Waals surface area contributed by atoms with E-state index in [2.05, 4.69) is 20.3 Å². The molecule has 140 valence electrons. The molecule has 1 N–H and O–H groups in total. The number of aryl methyl sites for hydroxylation is 1. The van der Waals surface area contributed by atoms with Crippen molar-refractivity contribution in [2.45, 2.75) is 20.0 Å². The molecule has 2 aromatic heterocycles. The molecule has 27 heavy (non-hydrogen) atoms. The Balaban J connectivity index is 1.59. The second kappa shape index (κ2) is 8.44. The molecule has 3 rings (SSSR count). The van der Waals surface area contributed by atoms with Gasteiger partial charge in [0.05, 0.1) is 0 Å². The van der Waals surface area contributed by atoms with Gasteiger partial charge in [0.1, 0.15) is 17.5 Å². The summed E-state index contributed by atoms with van der Waals surface area (Å²) >= 11 is 0. The van der Waals surface area contributed by atoms with Gasteiger partial charge in [-0.3, -0.25) is 9.56 Å². The van der Waals surface area contributed by atoms with Gasteiger partial charge < -0.3 is 10.2 Å². The summed E-state index contributed by atoms with van der Waals surface area (Å²) in [5.41, 5.74) is 2.07. The van der Waals surface area contributed by atoms with Crippen LogP contribution in [0.4, 0.5) is 4.39 Å². The molecule has 0 spiro atoms. The van der Waals surface area contributed by atoms with E-state index in [1.165, 1.54) is 12.1 Å². The van der Waals surface area contributed by atoms with Gasteiger partial charge in [0, 0.05) is 45.8 Å². The summed E-state index contributed by atoms with van der Waals surface area (Å²) in [6.45, 7) is 3.19. The van der Waals surface area contributed by atoms with E-state index in [0.29, 0.717) is 13.1 Å². The van der Waals surface area contributed by atoms with Gasteiger partial charge in [-0.2, -0.15) is 0 Å². The first kappa shape index (κ1) is 18.6. The van der Waals surface area contributed by atoms with Crippen molar-refractivity contribution in [3.05, 3.63) is 77.8 Å². The Bertz CT molecular complexity index is 899. The van der Waals surface area contributed by atoms with Gasteiger partial charge >= 0.3 is 0 Å². The topological polar surface area (TPSA) is 58.3 Å². The van der Waals surface area contributed by atoms with E-state index in [1.807, 2.05) is 48.0 Å². The minimum Gasteiger partial charge on any atom is -0.352 e. The number of rotatable bonds is 5. The van der Waals surface area contributed by atoms with E-state index >= 15 is 0 Å². The Morgan fingerprint density at radius 3 is 2.48 bits per heavy atom. The van der Waals surface area contributed by atoms with Gasteiger partial charge in [-0.15, -0.1) is 0 Å². The Morgan fingerprint density at radius 2 is 1.89 bits per heavy atom. The molecule has 0 bridgehead atoms. The third kappa shape index (κ3) is 4.69. The molecule has 0 saturated carbocycles. The molecule has 0 fully saturated rings. The summed E-state index contributed by atoms with van der Waals surface area (Å²) in [6, 6.07) is 10.5. The van der Waals surface area contributed by atoms with Crippen molar-refractivity contribution in [2.24, 2.45) is 4.99 Å². The predicted octanol–water partition coefficient (Wildman–Crippen LogP) is 2.92. The van der Waals surface area contributed by atoms with Crippen molar-refractivity contribution in [1.29, 1.82) is 0 Å². The summed E-state index contributed by atoms with van der Waals surface area (Å²) in [4.78, 5) is 15.0. The van der Waals surface area contributed by atoms with E-state index in [0.717, 1.165) is 28.7 Å². The van der Waals surface area contributed by atoms with Crippen molar-refractivity contribution in [3.8, 4) is 5.82 Å². The number of imidazole rings is 1. The number of guanidine groups is 1. The third-order valence-corrected chi connectivity index (χ3v) is 4.24. The standard InChI is InChI=1S/C20H23FN6/c1-15-23-10-11-27(15)19-9-6-17(12-24-19)13-25-20(22-2)26(3)14-16-4-7-18(21)8-5-16/h4-12H,13-14H2,1-3H3,(H,22,25). The Hall–Kier alpha value is -3.22. The molecule has 0 aliphatic carbocycles. The first-order valence-corrected chi connectivity index (χ1v) is 8.68. The van der Waals surface area contributed by atoms with Gasteiger partial charge in [-0.1, -0.05) is 18.2 Å². The van der Waals surface area contributed by atoms with Gasteiger partial charge in [-0.05, 0) is 36.2 Å². The lowest BCUT2D eigenvalue weighted by Gasteiger charge is -2.22. The minimum absolute atomic E-state index is 0.231. The van der Waals surface area contributed by atoms with Crippen molar-refractivity contribution < 1.29 is 4.39 Å². The quantitative estimate of drug-likeness (QED) is 0.557. The molecule has 0 atom stereocenters. The normalized spacial score (nSPS) is 11.5. The maximum Gasteiger partial charge on any atom is 0.193 e. The lowest BCUT2D eigenvalue weighted by atomic mass is 10.2. The smallest absolute Gasteiger partial charge is 0.193 e. The van der Waals surface area contributed by atoms with Crippen LogP contribution >= 0.6 is 0 Å². The first-order valence-electron chi connectivity index (χ1n) is 8.68. The Morgan fingerprint density at radius 1 is 1.15 bits per heavy atom. The van der Waals surface area contributed by atoms with E-state index in [9.17, 15) is 4.39 Å². The Kier molecular flexibility index (Phi) is 5.80. The van der Waals surface area contributed by atoms with Crippen LogP contribution in [0.3, 0.4) is 0 Å². The number of pyridine rings is 1. The van der Waals surface area contributed by atoms with Crippen LogP contribution in [0.2, 0.25) is 0 Å². The maximum atomic E-state index is 13.0. The lowest BCUT2D eigenvalue weighted by molar-refractivity contribution is 0.476.